The summed E-state index contributed by atoms with van der Waals surface area (Å²) in [6.45, 7) is 6.98. The van der Waals surface area contributed by atoms with E-state index in [0.29, 0.717) is 0 Å². The number of hydrogen-bond donors (Lipinski definition) is 3. The number of carbonyl (C=O) groups is 3. The minimum Gasteiger partial charge on any atom is -0.480 e. The largest absolute Gasteiger partial charge is 0.480 e. The maximum Gasteiger partial charge on any atom is 0.407 e. The van der Waals surface area contributed by atoms with Gasteiger partial charge in [-0.05, 0) is 42.0 Å². The fourth-order valence-electron chi connectivity index (χ4n) is 4.31. The van der Waals surface area contributed by atoms with Gasteiger partial charge in [-0.2, -0.15) is 0 Å². The minimum atomic E-state index is -1.31. The van der Waals surface area contributed by atoms with Gasteiger partial charge in [0.2, 0.25) is 5.91 Å². The second-order valence-corrected chi connectivity index (χ2v) is 8.63. The molecule has 2 unspecified atom stereocenters. The van der Waals surface area contributed by atoms with Crippen molar-refractivity contribution >= 4 is 18.0 Å². The Kier molecular flexibility index (Phi) is 7.41. The molecule has 0 aliphatic heterocycles. The van der Waals surface area contributed by atoms with Crippen LogP contribution in [0.3, 0.4) is 0 Å². The van der Waals surface area contributed by atoms with Crippen LogP contribution in [0.25, 0.3) is 11.1 Å². The second-order valence-electron chi connectivity index (χ2n) is 8.63. The van der Waals surface area contributed by atoms with Crippen LogP contribution in [0.2, 0.25) is 0 Å². The molecule has 0 radical (unpaired) electrons. The number of rotatable bonds is 9. The zero-order chi connectivity index (χ0) is 24.2. The van der Waals surface area contributed by atoms with Crippen molar-refractivity contribution in [1.82, 2.24) is 10.6 Å². The summed E-state index contributed by atoms with van der Waals surface area (Å²) in [5.41, 5.74) is 3.23. The Morgan fingerprint density at radius 3 is 1.97 bits per heavy atom. The highest BCUT2D eigenvalue weighted by Gasteiger charge is 2.38. The van der Waals surface area contributed by atoms with Gasteiger partial charge >= 0.3 is 12.1 Å². The van der Waals surface area contributed by atoms with Crippen molar-refractivity contribution in [3.63, 3.8) is 0 Å². The Bertz CT molecular complexity index is 985. The summed E-state index contributed by atoms with van der Waals surface area (Å²) >= 11 is 0. The van der Waals surface area contributed by atoms with Crippen LogP contribution in [-0.4, -0.2) is 41.3 Å². The van der Waals surface area contributed by atoms with Crippen molar-refractivity contribution < 1.29 is 24.2 Å². The number of aliphatic carboxylic acids is 1. The first-order valence-corrected chi connectivity index (χ1v) is 11.4. The van der Waals surface area contributed by atoms with Crippen molar-refractivity contribution in [2.45, 2.75) is 58.0 Å². The van der Waals surface area contributed by atoms with Crippen molar-refractivity contribution in [1.29, 1.82) is 0 Å². The first kappa shape index (κ1) is 24.3. The van der Waals surface area contributed by atoms with E-state index in [2.05, 4.69) is 22.8 Å². The number of carbonyl (C=O) groups excluding carboxylic acids is 2. The molecule has 0 spiro atoms. The number of amides is 2. The van der Waals surface area contributed by atoms with E-state index in [1.54, 1.807) is 27.7 Å². The van der Waals surface area contributed by atoms with Crippen molar-refractivity contribution in [3.05, 3.63) is 59.7 Å². The number of hydrogen-bond acceptors (Lipinski definition) is 4. The van der Waals surface area contributed by atoms with Crippen LogP contribution in [0.15, 0.2) is 48.5 Å². The molecule has 1 aliphatic rings. The molecule has 3 N–H and O–H groups in total. The molecule has 7 nitrogen and oxygen atoms in total. The number of benzene rings is 2. The molecule has 33 heavy (non-hydrogen) atoms. The molecule has 2 atom stereocenters. The average Bonchev–Trinajstić information content (AvgIpc) is 3.14. The van der Waals surface area contributed by atoms with E-state index in [1.807, 2.05) is 36.4 Å². The highest BCUT2D eigenvalue weighted by Crippen LogP contribution is 2.44. The smallest absolute Gasteiger partial charge is 0.407 e. The van der Waals surface area contributed by atoms with Crippen molar-refractivity contribution in [2.24, 2.45) is 5.92 Å². The van der Waals surface area contributed by atoms with E-state index in [0.717, 1.165) is 22.3 Å². The van der Waals surface area contributed by atoms with Crippen molar-refractivity contribution in [3.8, 4) is 11.1 Å². The standard InChI is InChI=1S/C26H32N2O5/c1-5-26(6-2,24(30)31)28-23(29)16(3)17(4)27-25(32)33-15-22-20-13-9-7-11-18(20)19-12-8-10-14-21(19)22/h7-14,16-17,22H,5-6,15H2,1-4H3,(H,27,32)(H,28,29)(H,30,31). The molecule has 176 valence electrons. The third kappa shape index (κ3) is 4.87. The maximum atomic E-state index is 12.7. The quantitative estimate of drug-likeness (QED) is 0.526. The third-order valence-corrected chi connectivity index (χ3v) is 6.83. The normalized spacial score (nSPS) is 14.5. The van der Waals surface area contributed by atoms with Crippen LogP contribution in [0.5, 0.6) is 0 Å². The zero-order valence-corrected chi connectivity index (χ0v) is 19.6. The number of ether oxygens (including phenoxy) is 1. The lowest BCUT2D eigenvalue weighted by molar-refractivity contribution is -0.148. The van der Waals surface area contributed by atoms with Crippen LogP contribution in [0.4, 0.5) is 4.79 Å². The lowest BCUT2D eigenvalue weighted by atomic mass is 9.91. The zero-order valence-electron chi connectivity index (χ0n) is 19.6. The molecule has 7 heteroatoms. The molecule has 3 rings (SSSR count). The Morgan fingerprint density at radius 2 is 1.48 bits per heavy atom. The van der Waals surface area contributed by atoms with Gasteiger partial charge in [0.1, 0.15) is 12.1 Å². The van der Waals surface area contributed by atoms with E-state index >= 15 is 0 Å². The number of nitrogens with one attached hydrogen (secondary N) is 2. The predicted molar refractivity (Wildman–Crippen MR) is 126 cm³/mol. The van der Waals surface area contributed by atoms with Crippen molar-refractivity contribution in [2.75, 3.05) is 6.61 Å². The topological polar surface area (TPSA) is 105 Å². The Morgan fingerprint density at radius 1 is 0.970 bits per heavy atom. The molecule has 0 aromatic heterocycles. The van der Waals surface area contributed by atoms with Crippen LogP contribution < -0.4 is 10.6 Å². The highest BCUT2D eigenvalue weighted by atomic mass is 16.5. The highest BCUT2D eigenvalue weighted by molar-refractivity contribution is 5.88. The third-order valence-electron chi connectivity index (χ3n) is 6.83. The summed E-state index contributed by atoms with van der Waals surface area (Å²) in [6.07, 6.45) is -0.0729. The van der Waals surface area contributed by atoms with Gasteiger partial charge < -0.3 is 20.5 Å². The van der Waals surface area contributed by atoms with E-state index in [1.165, 1.54) is 0 Å². The van der Waals surface area contributed by atoms with E-state index in [9.17, 15) is 19.5 Å². The molecule has 0 bridgehead atoms. The molecular formula is C26H32N2O5. The number of fused-ring (bicyclic) bond motifs is 3. The van der Waals surface area contributed by atoms with Gasteiger partial charge in [0, 0.05) is 12.0 Å². The molecule has 0 saturated carbocycles. The van der Waals surface area contributed by atoms with Gasteiger partial charge in [-0.15, -0.1) is 0 Å². The van der Waals surface area contributed by atoms with Gasteiger partial charge in [0.15, 0.2) is 0 Å². The molecule has 2 aromatic carbocycles. The molecule has 1 aliphatic carbocycles. The lowest BCUT2D eigenvalue weighted by Crippen LogP contribution is -2.57. The van der Waals surface area contributed by atoms with E-state index in [4.69, 9.17) is 4.74 Å². The first-order valence-electron chi connectivity index (χ1n) is 11.4. The van der Waals surface area contributed by atoms with E-state index in [-0.39, 0.29) is 25.4 Å². The maximum absolute atomic E-state index is 12.7. The van der Waals surface area contributed by atoms with Crippen LogP contribution in [-0.2, 0) is 14.3 Å². The Labute approximate surface area is 194 Å². The average molecular weight is 453 g/mol. The van der Waals surface area contributed by atoms with E-state index < -0.39 is 35.5 Å². The molecule has 2 amide bonds. The van der Waals surface area contributed by atoms with Gasteiger partial charge in [-0.3, -0.25) is 4.79 Å². The molecule has 0 fully saturated rings. The van der Waals surface area contributed by atoms with Gasteiger partial charge in [-0.25, -0.2) is 9.59 Å². The summed E-state index contributed by atoms with van der Waals surface area (Å²) in [4.78, 5) is 36.9. The lowest BCUT2D eigenvalue weighted by Gasteiger charge is -2.31. The minimum absolute atomic E-state index is 0.0514. The fraction of sp³-hybridized carbons (Fsp3) is 0.423. The van der Waals surface area contributed by atoms with Gasteiger partial charge in [0.05, 0.1) is 5.92 Å². The van der Waals surface area contributed by atoms with Gasteiger partial charge in [-0.1, -0.05) is 69.3 Å². The number of alkyl carbamates (subject to hydrolysis) is 1. The van der Waals surface area contributed by atoms with Gasteiger partial charge in [0.25, 0.3) is 0 Å². The molecule has 2 aromatic rings. The SMILES string of the molecule is CCC(CC)(NC(=O)C(C)C(C)NC(=O)OCC1c2ccccc2-c2ccccc21)C(=O)O. The summed E-state index contributed by atoms with van der Waals surface area (Å²) in [7, 11) is 0. The molecule has 0 heterocycles. The molecular weight excluding hydrogens is 420 g/mol. The summed E-state index contributed by atoms with van der Waals surface area (Å²) in [5, 5.41) is 14.9. The fourth-order valence-corrected chi connectivity index (χ4v) is 4.31. The van der Waals surface area contributed by atoms with Crippen LogP contribution in [0, 0.1) is 5.92 Å². The second kappa shape index (κ2) is 10.1. The Balaban J connectivity index is 1.60. The molecule has 0 saturated heterocycles. The first-order chi connectivity index (χ1) is 15.7. The summed E-state index contributed by atoms with van der Waals surface area (Å²) in [6, 6.07) is 15.6. The number of carboxylic acid groups (broad SMARTS) is 1. The predicted octanol–water partition coefficient (Wildman–Crippen LogP) is 4.31. The number of carboxylic acids is 1. The monoisotopic (exact) mass is 452 g/mol. The Hall–Kier alpha value is -3.35. The van der Waals surface area contributed by atoms with Crippen LogP contribution in [0.1, 0.15) is 57.6 Å². The van der Waals surface area contributed by atoms with Crippen LogP contribution >= 0.6 is 0 Å². The summed E-state index contributed by atoms with van der Waals surface area (Å²) < 4.78 is 5.55. The summed E-state index contributed by atoms with van der Waals surface area (Å²) in [5.74, 6) is -2.18.